The van der Waals surface area contributed by atoms with Crippen LogP contribution in [0.3, 0.4) is 0 Å². The van der Waals surface area contributed by atoms with Gasteiger partial charge in [-0.2, -0.15) is 0 Å². The highest BCUT2D eigenvalue weighted by Crippen LogP contribution is 2.31. The molecule has 142 valence electrons. The highest BCUT2D eigenvalue weighted by Gasteiger charge is 2.21. The maximum Gasteiger partial charge on any atom is 0.321 e. The Morgan fingerprint density at radius 1 is 1.19 bits per heavy atom. The summed E-state index contributed by atoms with van der Waals surface area (Å²) in [6, 6.07) is 14.9. The minimum atomic E-state index is -0.248. The van der Waals surface area contributed by atoms with Crippen molar-refractivity contribution in [2.24, 2.45) is 0 Å². The minimum absolute atomic E-state index is 0.0717. The van der Waals surface area contributed by atoms with Crippen molar-refractivity contribution in [1.29, 1.82) is 0 Å². The highest BCUT2D eigenvalue weighted by molar-refractivity contribution is 5.96. The molecule has 3 rings (SSSR count). The second kappa shape index (κ2) is 7.70. The van der Waals surface area contributed by atoms with Crippen molar-refractivity contribution in [2.45, 2.75) is 26.2 Å². The number of amides is 3. The van der Waals surface area contributed by atoms with E-state index in [1.807, 2.05) is 36.4 Å². The number of carbonyl (C=O) groups excluding carboxylic acids is 2. The van der Waals surface area contributed by atoms with Gasteiger partial charge in [-0.3, -0.25) is 9.69 Å². The number of anilines is 2. The normalized spacial score (nSPS) is 14.0. The fourth-order valence-electron chi connectivity index (χ4n) is 3.02. The summed E-state index contributed by atoms with van der Waals surface area (Å²) >= 11 is 0. The lowest BCUT2D eigenvalue weighted by Crippen LogP contribution is -2.27. The predicted octanol–water partition coefficient (Wildman–Crippen LogP) is 3.53. The molecule has 2 aromatic carbocycles. The molecule has 1 aliphatic heterocycles. The first-order chi connectivity index (χ1) is 12.8. The van der Waals surface area contributed by atoms with Crippen LogP contribution in [0.5, 0.6) is 5.75 Å². The van der Waals surface area contributed by atoms with Gasteiger partial charge >= 0.3 is 6.03 Å². The summed E-state index contributed by atoms with van der Waals surface area (Å²) < 4.78 is 5.76. The van der Waals surface area contributed by atoms with E-state index in [-0.39, 0.29) is 24.0 Å². The minimum Gasteiger partial charge on any atom is -0.483 e. The Bertz CT molecular complexity index is 843. The molecule has 0 aliphatic carbocycles. The van der Waals surface area contributed by atoms with Crippen LogP contribution < -0.4 is 20.3 Å². The predicted molar refractivity (Wildman–Crippen MR) is 106 cm³/mol. The van der Waals surface area contributed by atoms with Gasteiger partial charge in [0.1, 0.15) is 5.75 Å². The van der Waals surface area contributed by atoms with Crippen LogP contribution >= 0.6 is 0 Å². The summed E-state index contributed by atoms with van der Waals surface area (Å²) in [5.41, 5.74) is 2.36. The third-order valence-electron chi connectivity index (χ3n) is 4.35. The first kappa shape index (κ1) is 18.8. The number of benzene rings is 2. The molecular formula is C21H25N3O3. The van der Waals surface area contributed by atoms with Crippen LogP contribution in [0.25, 0.3) is 0 Å². The van der Waals surface area contributed by atoms with E-state index in [4.69, 9.17) is 4.74 Å². The van der Waals surface area contributed by atoms with Gasteiger partial charge in [-0.25, -0.2) is 4.79 Å². The highest BCUT2D eigenvalue weighted by atomic mass is 16.5. The fraction of sp³-hybridized carbons (Fsp3) is 0.333. The standard InChI is InChI=1S/C21H25N3O3/c1-21(2,3)17-9-4-5-10-18(17)27-14-19(25)23-15-7-6-8-16(13-15)24-12-11-22-20(24)26/h4-10,13H,11-12,14H2,1-3H3,(H,22,26)(H,23,25). The second-order valence-corrected chi connectivity index (χ2v) is 7.52. The van der Waals surface area contributed by atoms with Crippen molar-refractivity contribution in [1.82, 2.24) is 5.32 Å². The first-order valence-electron chi connectivity index (χ1n) is 9.02. The second-order valence-electron chi connectivity index (χ2n) is 7.52. The van der Waals surface area contributed by atoms with Crippen LogP contribution in [0.4, 0.5) is 16.2 Å². The van der Waals surface area contributed by atoms with Crippen molar-refractivity contribution >= 4 is 23.3 Å². The van der Waals surface area contributed by atoms with E-state index < -0.39 is 0 Å². The summed E-state index contributed by atoms with van der Waals surface area (Å²) in [6.07, 6.45) is 0. The molecule has 0 bridgehead atoms. The van der Waals surface area contributed by atoms with E-state index in [1.165, 1.54) is 0 Å². The average Bonchev–Trinajstić information content (AvgIpc) is 3.06. The lowest BCUT2D eigenvalue weighted by atomic mass is 9.86. The molecule has 0 radical (unpaired) electrons. The zero-order valence-corrected chi connectivity index (χ0v) is 15.9. The van der Waals surface area contributed by atoms with Crippen LogP contribution in [0.15, 0.2) is 48.5 Å². The van der Waals surface area contributed by atoms with Gasteiger partial charge in [0.15, 0.2) is 6.61 Å². The molecule has 0 spiro atoms. The van der Waals surface area contributed by atoms with E-state index in [1.54, 1.807) is 17.0 Å². The topological polar surface area (TPSA) is 70.7 Å². The Balaban J connectivity index is 1.63. The van der Waals surface area contributed by atoms with E-state index in [0.717, 1.165) is 11.3 Å². The van der Waals surface area contributed by atoms with Crippen molar-refractivity contribution < 1.29 is 14.3 Å². The summed E-state index contributed by atoms with van der Waals surface area (Å²) in [4.78, 5) is 25.7. The molecule has 1 aliphatic rings. The van der Waals surface area contributed by atoms with Crippen LogP contribution in [-0.2, 0) is 10.2 Å². The third-order valence-corrected chi connectivity index (χ3v) is 4.35. The Hall–Kier alpha value is -3.02. The maximum atomic E-state index is 12.3. The monoisotopic (exact) mass is 367 g/mol. The Labute approximate surface area is 159 Å². The van der Waals surface area contributed by atoms with Gasteiger partial charge < -0.3 is 15.4 Å². The average molecular weight is 367 g/mol. The molecule has 27 heavy (non-hydrogen) atoms. The van der Waals surface area contributed by atoms with Crippen molar-refractivity contribution in [3.8, 4) is 5.75 Å². The largest absolute Gasteiger partial charge is 0.483 e. The zero-order valence-electron chi connectivity index (χ0n) is 15.9. The number of urea groups is 1. The number of rotatable bonds is 5. The molecular weight excluding hydrogens is 342 g/mol. The molecule has 1 fully saturated rings. The SMILES string of the molecule is CC(C)(C)c1ccccc1OCC(=O)Nc1cccc(N2CCNC2=O)c1. The maximum absolute atomic E-state index is 12.3. The summed E-state index contributed by atoms with van der Waals surface area (Å²) in [5, 5.41) is 5.59. The molecule has 1 heterocycles. The molecule has 6 nitrogen and oxygen atoms in total. The van der Waals surface area contributed by atoms with E-state index in [2.05, 4.69) is 31.4 Å². The molecule has 0 aromatic heterocycles. The summed E-state index contributed by atoms with van der Waals surface area (Å²) in [5.74, 6) is 0.462. The fourth-order valence-corrected chi connectivity index (χ4v) is 3.02. The Kier molecular flexibility index (Phi) is 5.35. The number of nitrogens with one attached hydrogen (secondary N) is 2. The third kappa shape index (κ3) is 4.58. The lowest BCUT2D eigenvalue weighted by Gasteiger charge is -2.22. The number of hydrogen-bond donors (Lipinski definition) is 2. The van der Waals surface area contributed by atoms with Gasteiger partial charge in [-0.05, 0) is 35.2 Å². The van der Waals surface area contributed by atoms with Gasteiger partial charge in [0.2, 0.25) is 0 Å². The smallest absolute Gasteiger partial charge is 0.321 e. The van der Waals surface area contributed by atoms with Gasteiger partial charge in [0, 0.05) is 24.5 Å². The first-order valence-corrected chi connectivity index (χ1v) is 9.02. The zero-order chi connectivity index (χ0) is 19.4. The van der Waals surface area contributed by atoms with Crippen molar-refractivity contribution in [3.05, 3.63) is 54.1 Å². The van der Waals surface area contributed by atoms with Gasteiger partial charge in [0.25, 0.3) is 5.91 Å². The lowest BCUT2D eigenvalue weighted by molar-refractivity contribution is -0.118. The Morgan fingerprint density at radius 2 is 1.96 bits per heavy atom. The molecule has 3 amide bonds. The Morgan fingerprint density at radius 3 is 2.67 bits per heavy atom. The number of para-hydroxylation sites is 1. The van der Waals surface area contributed by atoms with Crippen LogP contribution in [-0.4, -0.2) is 31.6 Å². The number of nitrogens with zero attached hydrogens (tertiary/aromatic N) is 1. The molecule has 0 saturated carbocycles. The van der Waals surface area contributed by atoms with Gasteiger partial charge in [0.05, 0.1) is 0 Å². The molecule has 2 aromatic rings. The molecule has 0 unspecified atom stereocenters. The van der Waals surface area contributed by atoms with E-state index >= 15 is 0 Å². The number of hydrogen-bond acceptors (Lipinski definition) is 3. The van der Waals surface area contributed by atoms with Crippen molar-refractivity contribution in [3.63, 3.8) is 0 Å². The number of carbonyl (C=O) groups is 2. The van der Waals surface area contributed by atoms with Crippen LogP contribution in [0.1, 0.15) is 26.3 Å². The quantitative estimate of drug-likeness (QED) is 0.849. The molecule has 6 heteroatoms. The molecule has 2 N–H and O–H groups in total. The van der Waals surface area contributed by atoms with Gasteiger partial charge in [-0.15, -0.1) is 0 Å². The van der Waals surface area contributed by atoms with E-state index in [9.17, 15) is 9.59 Å². The van der Waals surface area contributed by atoms with Crippen LogP contribution in [0, 0.1) is 0 Å². The number of ether oxygens (including phenoxy) is 1. The molecule has 1 saturated heterocycles. The summed E-state index contributed by atoms with van der Waals surface area (Å²) in [6.45, 7) is 7.47. The van der Waals surface area contributed by atoms with Gasteiger partial charge in [-0.1, -0.05) is 45.0 Å². The summed E-state index contributed by atoms with van der Waals surface area (Å²) in [7, 11) is 0. The van der Waals surface area contributed by atoms with E-state index in [0.29, 0.717) is 24.5 Å². The van der Waals surface area contributed by atoms with Crippen molar-refractivity contribution in [2.75, 3.05) is 29.9 Å². The van der Waals surface area contributed by atoms with Crippen LogP contribution in [0.2, 0.25) is 0 Å². The molecule has 0 atom stereocenters.